The molecule has 0 unspecified atom stereocenters. The summed E-state index contributed by atoms with van der Waals surface area (Å²) >= 11 is 0. The van der Waals surface area contributed by atoms with Gasteiger partial charge in [-0.2, -0.15) is 0 Å². The second-order valence-electron chi connectivity index (χ2n) is 7.10. The molecule has 1 heterocycles. The van der Waals surface area contributed by atoms with E-state index in [0.29, 0.717) is 17.8 Å². The van der Waals surface area contributed by atoms with Crippen LogP contribution in [0.2, 0.25) is 0 Å². The largest absolute Gasteiger partial charge is 0.456 e. The Hall–Kier alpha value is -2.37. The summed E-state index contributed by atoms with van der Waals surface area (Å²) in [5.74, 6) is -0.241. The lowest BCUT2D eigenvalue weighted by Crippen LogP contribution is -2.44. The fourth-order valence-electron chi connectivity index (χ4n) is 3.76. The summed E-state index contributed by atoms with van der Waals surface area (Å²) in [5, 5.41) is 2.73. The van der Waals surface area contributed by atoms with Crippen molar-refractivity contribution in [1.29, 1.82) is 0 Å². The zero-order valence-corrected chi connectivity index (χ0v) is 15.0. The van der Waals surface area contributed by atoms with Crippen molar-refractivity contribution in [3.63, 3.8) is 0 Å². The Morgan fingerprint density at radius 2 is 1.92 bits per heavy atom. The Morgan fingerprint density at radius 1 is 1.15 bits per heavy atom. The van der Waals surface area contributed by atoms with Crippen LogP contribution in [0, 0.1) is 5.92 Å². The molecule has 2 amide bonds. The monoisotopic (exact) mass is 358 g/mol. The summed E-state index contributed by atoms with van der Waals surface area (Å²) in [4.78, 5) is 37.4. The molecule has 1 fully saturated rings. The highest BCUT2D eigenvalue weighted by atomic mass is 16.5. The average Bonchev–Trinajstić information content (AvgIpc) is 2.66. The third-order valence-electron chi connectivity index (χ3n) is 5.15. The van der Waals surface area contributed by atoms with Crippen molar-refractivity contribution in [1.82, 2.24) is 0 Å². The highest BCUT2D eigenvalue weighted by Crippen LogP contribution is 2.29. The number of hydrogen-bond acceptors (Lipinski definition) is 4. The summed E-state index contributed by atoms with van der Waals surface area (Å²) in [6.07, 6.45) is 8.69. The number of para-hydroxylation sites is 2. The van der Waals surface area contributed by atoms with E-state index in [4.69, 9.17) is 4.74 Å². The minimum Gasteiger partial charge on any atom is -0.456 e. The van der Waals surface area contributed by atoms with Crippen molar-refractivity contribution >= 4 is 29.2 Å². The maximum Gasteiger partial charge on any atom is 0.306 e. The third kappa shape index (κ3) is 4.84. The van der Waals surface area contributed by atoms with Gasteiger partial charge in [-0.3, -0.25) is 19.3 Å². The first kappa shape index (κ1) is 18.4. The maximum absolute atomic E-state index is 12.4. The molecule has 0 spiro atoms. The highest BCUT2D eigenvalue weighted by molar-refractivity contribution is 6.10. The summed E-state index contributed by atoms with van der Waals surface area (Å²) in [6, 6.07) is 7.09. The van der Waals surface area contributed by atoms with Gasteiger partial charge >= 0.3 is 5.97 Å². The highest BCUT2D eigenvalue weighted by Gasteiger charge is 2.27. The van der Waals surface area contributed by atoms with Gasteiger partial charge < -0.3 is 10.1 Å². The van der Waals surface area contributed by atoms with Crippen molar-refractivity contribution in [3.8, 4) is 0 Å². The number of benzene rings is 1. The fraction of sp³-hybridized carbons (Fsp3) is 0.550. The molecule has 0 saturated heterocycles. The lowest BCUT2D eigenvalue weighted by Gasteiger charge is -2.28. The fourth-order valence-corrected chi connectivity index (χ4v) is 3.76. The number of amides is 2. The first-order valence-electron chi connectivity index (χ1n) is 9.48. The van der Waals surface area contributed by atoms with Crippen molar-refractivity contribution in [2.24, 2.45) is 5.92 Å². The number of esters is 1. The van der Waals surface area contributed by atoms with Crippen LogP contribution in [0.5, 0.6) is 0 Å². The molecular formula is C20H26N2O4. The first-order chi connectivity index (χ1) is 12.6. The molecule has 0 radical (unpaired) electrons. The molecule has 0 aromatic heterocycles. The van der Waals surface area contributed by atoms with E-state index in [0.717, 1.165) is 18.8 Å². The average molecular weight is 358 g/mol. The van der Waals surface area contributed by atoms with Gasteiger partial charge in [0.15, 0.2) is 6.61 Å². The van der Waals surface area contributed by atoms with Crippen LogP contribution in [-0.2, 0) is 19.1 Å². The van der Waals surface area contributed by atoms with Gasteiger partial charge in [-0.05, 0) is 30.9 Å². The van der Waals surface area contributed by atoms with Gasteiger partial charge in [0.25, 0.3) is 5.91 Å². The predicted molar refractivity (Wildman–Crippen MR) is 98.8 cm³/mol. The molecule has 0 atom stereocenters. The summed E-state index contributed by atoms with van der Waals surface area (Å²) < 4.78 is 5.13. The zero-order valence-electron chi connectivity index (χ0n) is 15.0. The van der Waals surface area contributed by atoms with Crippen LogP contribution in [-0.4, -0.2) is 30.9 Å². The smallest absolute Gasteiger partial charge is 0.306 e. The van der Waals surface area contributed by atoms with E-state index in [1.165, 1.54) is 37.0 Å². The Labute approximate surface area is 153 Å². The topological polar surface area (TPSA) is 75.7 Å². The first-order valence-corrected chi connectivity index (χ1v) is 9.48. The number of nitrogens with zero attached hydrogens (tertiary/aromatic N) is 1. The number of rotatable bonds is 6. The molecule has 2 aliphatic rings. The Bertz CT molecular complexity index is 668. The van der Waals surface area contributed by atoms with E-state index in [2.05, 4.69) is 5.32 Å². The second kappa shape index (κ2) is 8.83. The van der Waals surface area contributed by atoms with E-state index < -0.39 is 0 Å². The molecule has 1 aliphatic heterocycles. The minimum absolute atomic E-state index is 0.0604. The maximum atomic E-state index is 12.4. The third-order valence-corrected chi connectivity index (χ3v) is 5.15. The van der Waals surface area contributed by atoms with Gasteiger partial charge in [0, 0.05) is 6.42 Å². The van der Waals surface area contributed by atoms with Gasteiger partial charge in [-0.1, -0.05) is 44.2 Å². The standard InChI is InChI=1S/C20H26N2O4/c23-18-13-22(17-11-5-4-10-16(17)21-18)19(24)14-26-20(25)12-6-9-15-7-2-1-3-8-15/h4-5,10-11,15H,1-3,6-9,12-14H2,(H,21,23). The number of nitrogens with one attached hydrogen (secondary N) is 1. The SMILES string of the molecule is O=C1CN(C(=O)COC(=O)CCCC2CCCCC2)c2ccccc2N1. The summed E-state index contributed by atoms with van der Waals surface area (Å²) in [6.45, 7) is -0.390. The molecule has 1 saturated carbocycles. The number of carbonyl (C=O) groups excluding carboxylic acids is 3. The van der Waals surface area contributed by atoms with Gasteiger partial charge in [0.05, 0.1) is 11.4 Å². The van der Waals surface area contributed by atoms with Crippen LogP contribution in [0.15, 0.2) is 24.3 Å². The molecule has 1 aliphatic carbocycles. The molecule has 1 aromatic rings. The molecule has 3 rings (SSSR count). The number of anilines is 2. The Morgan fingerprint density at radius 3 is 2.73 bits per heavy atom. The Kier molecular flexibility index (Phi) is 6.26. The quantitative estimate of drug-likeness (QED) is 0.792. The van der Waals surface area contributed by atoms with Gasteiger partial charge in [0.1, 0.15) is 6.54 Å². The molecule has 6 heteroatoms. The minimum atomic E-state index is -0.382. The number of carbonyl (C=O) groups is 3. The molecule has 1 N–H and O–H groups in total. The number of fused-ring (bicyclic) bond motifs is 1. The van der Waals surface area contributed by atoms with E-state index in [1.54, 1.807) is 24.3 Å². The number of hydrogen-bond donors (Lipinski definition) is 1. The molecule has 140 valence electrons. The van der Waals surface area contributed by atoms with Gasteiger partial charge in [-0.25, -0.2) is 0 Å². The summed E-state index contributed by atoms with van der Waals surface area (Å²) in [5.41, 5.74) is 1.22. The van der Waals surface area contributed by atoms with E-state index in [9.17, 15) is 14.4 Å². The van der Waals surface area contributed by atoms with Crippen LogP contribution in [0.4, 0.5) is 11.4 Å². The molecule has 6 nitrogen and oxygen atoms in total. The van der Waals surface area contributed by atoms with Crippen molar-refractivity contribution in [2.45, 2.75) is 51.4 Å². The molecule has 26 heavy (non-hydrogen) atoms. The van der Waals surface area contributed by atoms with Gasteiger partial charge in [-0.15, -0.1) is 0 Å². The molecule has 0 bridgehead atoms. The molecular weight excluding hydrogens is 332 g/mol. The zero-order chi connectivity index (χ0) is 18.4. The lowest BCUT2D eigenvalue weighted by molar-refractivity contribution is -0.148. The Balaban J connectivity index is 1.43. The predicted octanol–water partition coefficient (Wildman–Crippen LogP) is 3.27. The second-order valence-corrected chi connectivity index (χ2v) is 7.10. The van der Waals surface area contributed by atoms with Crippen LogP contribution in [0.25, 0.3) is 0 Å². The molecule has 1 aromatic carbocycles. The van der Waals surface area contributed by atoms with E-state index in [1.807, 2.05) is 0 Å². The van der Waals surface area contributed by atoms with Crippen LogP contribution in [0.3, 0.4) is 0 Å². The van der Waals surface area contributed by atoms with Crippen molar-refractivity contribution < 1.29 is 19.1 Å². The normalized spacial score (nSPS) is 17.4. The van der Waals surface area contributed by atoms with E-state index in [-0.39, 0.29) is 30.9 Å². The van der Waals surface area contributed by atoms with Crippen molar-refractivity contribution in [2.75, 3.05) is 23.4 Å². The number of ether oxygens (including phenoxy) is 1. The van der Waals surface area contributed by atoms with Crippen molar-refractivity contribution in [3.05, 3.63) is 24.3 Å². The van der Waals surface area contributed by atoms with Crippen LogP contribution in [0.1, 0.15) is 51.4 Å². The summed E-state index contributed by atoms with van der Waals surface area (Å²) in [7, 11) is 0. The van der Waals surface area contributed by atoms with Crippen LogP contribution >= 0.6 is 0 Å². The van der Waals surface area contributed by atoms with E-state index >= 15 is 0 Å². The van der Waals surface area contributed by atoms with Gasteiger partial charge in [0.2, 0.25) is 5.91 Å². The van der Waals surface area contributed by atoms with Crippen LogP contribution < -0.4 is 10.2 Å². The lowest BCUT2D eigenvalue weighted by atomic mass is 9.86.